The molecule has 0 bridgehead atoms. The second-order valence-corrected chi connectivity index (χ2v) is 6.02. The molecule has 3 rings (SSSR count). The van der Waals surface area contributed by atoms with Crippen molar-refractivity contribution in [1.29, 1.82) is 0 Å². The van der Waals surface area contributed by atoms with Crippen LogP contribution in [0.4, 0.5) is 0 Å². The Kier molecular flexibility index (Phi) is 4.36. The standard InChI is InChI=1S/C18H23NO3/c1-13(18(20)22-15-6-4-3-5-7-15)19-11-10-14-12-16(21-2)8-9-17(14)19/h8-13,15H,3-7H2,1-2H3. The third-order valence-corrected chi connectivity index (χ3v) is 4.52. The maximum atomic E-state index is 12.4. The minimum atomic E-state index is -0.312. The molecule has 0 saturated heterocycles. The molecule has 0 aliphatic heterocycles. The fourth-order valence-electron chi connectivity index (χ4n) is 3.17. The Morgan fingerprint density at radius 2 is 2.00 bits per heavy atom. The lowest BCUT2D eigenvalue weighted by Gasteiger charge is -2.24. The summed E-state index contributed by atoms with van der Waals surface area (Å²) in [6.07, 6.45) is 7.64. The van der Waals surface area contributed by atoms with Gasteiger partial charge in [0.15, 0.2) is 0 Å². The van der Waals surface area contributed by atoms with Crippen LogP contribution in [0.3, 0.4) is 0 Å². The molecule has 1 aromatic carbocycles. The van der Waals surface area contributed by atoms with Gasteiger partial charge in [-0.1, -0.05) is 6.42 Å². The lowest BCUT2D eigenvalue weighted by Crippen LogP contribution is -2.26. The third kappa shape index (κ3) is 2.96. The van der Waals surface area contributed by atoms with E-state index >= 15 is 0 Å². The van der Waals surface area contributed by atoms with Crippen molar-refractivity contribution >= 4 is 16.9 Å². The highest BCUT2D eigenvalue weighted by molar-refractivity contribution is 5.84. The number of rotatable bonds is 4. The molecule has 2 aromatic rings. The van der Waals surface area contributed by atoms with Gasteiger partial charge in [-0.25, -0.2) is 4.79 Å². The molecular formula is C18H23NO3. The summed E-state index contributed by atoms with van der Waals surface area (Å²) in [5.74, 6) is 0.683. The van der Waals surface area contributed by atoms with Crippen molar-refractivity contribution in [2.45, 2.75) is 51.2 Å². The van der Waals surface area contributed by atoms with Gasteiger partial charge in [-0.15, -0.1) is 0 Å². The van der Waals surface area contributed by atoms with Crippen molar-refractivity contribution in [3.63, 3.8) is 0 Å². The molecule has 1 atom stereocenters. The van der Waals surface area contributed by atoms with E-state index in [2.05, 4.69) is 0 Å². The molecule has 1 aliphatic rings. The van der Waals surface area contributed by atoms with E-state index in [0.29, 0.717) is 0 Å². The zero-order chi connectivity index (χ0) is 15.5. The number of esters is 1. The summed E-state index contributed by atoms with van der Waals surface area (Å²) in [4.78, 5) is 12.4. The zero-order valence-corrected chi connectivity index (χ0v) is 13.2. The monoisotopic (exact) mass is 301 g/mol. The topological polar surface area (TPSA) is 40.5 Å². The summed E-state index contributed by atoms with van der Waals surface area (Å²) in [6.45, 7) is 1.90. The molecule has 0 spiro atoms. The fourth-order valence-corrected chi connectivity index (χ4v) is 3.17. The average Bonchev–Trinajstić information content (AvgIpc) is 2.97. The minimum Gasteiger partial charge on any atom is -0.497 e. The number of carbonyl (C=O) groups is 1. The van der Waals surface area contributed by atoms with E-state index in [-0.39, 0.29) is 18.1 Å². The maximum Gasteiger partial charge on any atom is 0.329 e. The van der Waals surface area contributed by atoms with Crippen LogP contribution in [0, 0.1) is 0 Å². The van der Waals surface area contributed by atoms with E-state index in [0.717, 1.165) is 29.5 Å². The number of hydrogen-bond donors (Lipinski definition) is 0. The van der Waals surface area contributed by atoms with Crippen LogP contribution in [0.15, 0.2) is 30.5 Å². The molecule has 0 radical (unpaired) electrons. The van der Waals surface area contributed by atoms with Crippen LogP contribution in [0.25, 0.3) is 10.9 Å². The van der Waals surface area contributed by atoms with E-state index in [1.165, 1.54) is 19.3 Å². The van der Waals surface area contributed by atoms with Gasteiger partial charge in [0.1, 0.15) is 17.9 Å². The molecular weight excluding hydrogens is 278 g/mol. The number of hydrogen-bond acceptors (Lipinski definition) is 3. The summed E-state index contributed by atoms with van der Waals surface area (Å²) >= 11 is 0. The summed E-state index contributed by atoms with van der Waals surface area (Å²) in [5, 5.41) is 1.07. The number of benzene rings is 1. The van der Waals surface area contributed by atoms with Crippen molar-refractivity contribution in [1.82, 2.24) is 4.57 Å². The maximum absolute atomic E-state index is 12.4. The van der Waals surface area contributed by atoms with Gasteiger partial charge in [0.2, 0.25) is 0 Å². The molecule has 1 fully saturated rings. The lowest BCUT2D eigenvalue weighted by molar-refractivity contribution is -0.153. The first kappa shape index (κ1) is 14.9. The molecule has 4 heteroatoms. The molecule has 1 aliphatic carbocycles. The number of nitrogens with zero attached hydrogens (tertiary/aromatic N) is 1. The van der Waals surface area contributed by atoms with Crippen molar-refractivity contribution in [3.8, 4) is 5.75 Å². The van der Waals surface area contributed by atoms with E-state index in [9.17, 15) is 4.79 Å². The minimum absolute atomic E-state index is 0.102. The highest BCUT2D eigenvalue weighted by atomic mass is 16.5. The summed E-state index contributed by atoms with van der Waals surface area (Å²) < 4.78 is 12.9. The van der Waals surface area contributed by atoms with Gasteiger partial charge < -0.3 is 14.0 Å². The highest BCUT2D eigenvalue weighted by Crippen LogP contribution is 2.26. The molecule has 22 heavy (non-hydrogen) atoms. The Morgan fingerprint density at radius 1 is 1.23 bits per heavy atom. The number of aromatic nitrogens is 1. The highest BCUT2D eigenvalue weighted by Gasteiger charge is 2.23. The number of ether oxygens (including phenoxy) is 2. The molecule has 1 heterocycles. The van der Waals surface area contributed by atoms with E-state index in [1.807, 2.05) is 42.0 Å². The van der Waals surface area contributed by atoms with E-state index < -0.39 is 0 Å². The zero-order valence-electron chi connectivity index (χ0n) is 13.2. The van der Waals surface area contributed by atoms with E-state index in [4.69, 9.17) is 9.47 Å². The molecule has 1 saturated carbocycles. The smallest absolute Gasteiger partial charge is 0.329 e. The van der Waals surface area contributed by atoms with Crippen LogP contribution in [0.1, 0.15) is 45.1 Å². The van der Waals surface area contributed by atoms with Gasteiger partial charge >= 0.3 is 5.97 Å². The first-order valence-corrected chi connectivity index (χ1v) is 8.04. The van der Waals surface area contributed by atoms with Crippen LogP contribution in [-0.4, -0.2) is 23.8 Å². The molecule has 4 nitrogen and oxygen atoms in total. The average molecular weight is 301 g/mol. The Balaban J connectivity index is 1.76. The van der Waals surface area contributed by atoms with Crippen molar-refractivity contribution in [3.05, 3.63) is 30.5 Å². The Morgan fingerprint density at radius 3 is 2.73 bits per heavy atom. The van der Waals surface area contributed by atoms with Gasteiger partial charge in [0.05, 0.1) is 7.11 Å². The number of methoxy groups -OCH3 is 1. The van der Waals surface area contributed by atoms with Crippen molar-refractivity contribution in [2.75, 3.05) is 7.11 Å². The molecule has 0 amide bonds. The second kappa shape index (κ2) is 6.42. The SMILES string of the molecule is COc1ccc2c(ccn2C(C)C(=O)OC2CCCCC2)c1. The Bertz CT molecular complexity index is 655. The lowest BCUT2D eigenvalue weighted by atomic mass is 9.98. The van der Waals surface area contributed by atoms with Crippen LogP contribution < -0.4 is 4.74 Å². The number of fused-ring (bicyclic) bond motifs is 1. The number of carbonyl (C=O) groups excluding carboxylic acids is 1. The second-order valence-electron chi connectivity index (χ2n) is 6.02. The van der Waals surface area contributed by atoms with E-state index in [1.54, 1.807) is 7.11 Å². The van der Waals surface area contributed by atoms with Crippen LogP contribution in [0.5, 0.6) is 5.75 Å². The van der Waals surface area contributed by atoms with Crippen molar-refractivity contribution < 1.29 is 14.3 Å². The van der Waals surface area contributed by atoms with Gasteiger partial charge in [0.25, 0.3) is 0 Å². The fraction of sp³-hybridized carbons (Fsp3) is 0.500. The Hall–Kier alpha value is -1.97. The molecule has 1 unspecified atom stereocenters. The van der Waals surface area contributed by atoms with Crippen LogP contribution >= 0.6 is 0 Å². The molecule has 118 valence electrons. The first-order valence-electron chi connectivity index (χ1n) is 8.04. The third-order valence-electron chi connectivity index (χ3n) is 4.52. The normalized spacial score (nSPS) is 17.4. The summed E-state index contributed by atoms with van der Waals surface area (Å²) in [5.41, 5.74) is 1.02. The van der Waals surface area contributed by atoms with Crippen LogP contribution in [-0.2, 0) is 9.53 Å². The molecule has 0 N–H and O–H groups in total. The van der Waals surface area contributed by atoms with Gasteiger partial charge in [-0.05, 0) is 56.9 Å². The quantitative estimate of drug-likeness (QED) is 0.799. The van der Waals surface area contributed by atoms with Gasteiger partial charge in [-0.3, -0.25) is 0 Å². The predicted octanol–water partition coefficient (Wildman–Crippen LogP) is 4.09. The summed E-state index contributed by atoms with van der Waals surface area (Å²) in [6, 6.07) is 7.57. The predicted molar refractivity (Wildman–Crippen MR) is 86.2 cm³/mol. The largest absolute Gasteiger partial charge is 0.497 e. The van der Waals surface area contributed by atoms with Crippen molar-refractivity contribution in [2.24, 2.45) is 0 Å². The first-order chi connectivity index (χ1) is 10.7. The molecule has 1 aromatic heterocycles. The van der Waals surface area contributed by atoms with Crippen LogP contribution in [0.2, 0.25) is 0 Å². The van der Waals surface area contributed by atoms with Gasteiger partial charge in [0, 0.05) is 17.1 Å². The Labute approximate surface area is 131 Å². The summed E-state index contributed by atoms with van der Waals surface area (Å²) in [7, 11) is 1.66. The van der Waals surface area contributed by atoms with Gasteiger partial charge in [-0.2, -0.15) is 0 Å².